The van der Waals surface area contributed by atoms with Gasteiger partial charge in [-0.15, -0.1) is 16.4 Å². The van der Waals surface area contributed by atoms with Gasteiger partial charge >= 0.3 is 5.97 Å². The normalized spacial score (nSPS) is 10.7. The largest absolute Gasteiger partial charge is 0.465 e. The number of rotatable bonds is 5. The second-order valence-electron chi connectivity index (χ2n) is 6.60. The maximum atomic E-state index is 13.8. The lowest BCUT2D eigenvalue weighted by molar-refractivity contribution is 0.0600. The molecule has 9 heteroatoms. The number of carbonyl (C=O) groups is 2. The number of nitrogens with one attached hydrogen (secondary N) is 1. The maximum Gasteiger partial charge on any atom is 0.337 e. The summed E-state index contributed by atoms with van der Waals surface area (Å²) in [5.41, 5.74) is 1.94. The molecule has 156 valence electrons. The van der Waals surface area contributed by atoms with Crippen molar-refractivity contribution in [1.29, 1.82) is 0 Å². The SMILES string of the molecule is COC(=O)c1ccc(C)c(NC(=O)c2nc(-c3cccs3)n(-c3cccc(F)c3)n2)c1. The van der Waals surface area contributed by atoms with Crippen LogP contribution in [0.15, 0.2) is 60.0 Å². The Kier molecular flexibility index (Phi) is 5.59. The predicted octanol–water partition coefficient (Wildman–Crippen LogP) is 4.48. The third kappa shape index (κ3) is 4.22. The van der Waals surface area contributed by atoms with Crippen molar-refractivity contribution in [1.82, 2.24) is 14.8 Å². The third-order valence-electron chi connectivity index (χ3n) is 4.51. The van der Waals surface area contributed by atoms with E-state index in [0.717, 1.165) is 10.4 Å². The molecular formula is C22H17FN4O3S. The Bertz CT molecular complexity index is 1270. The van der Waals surface area contributed by atoms with Gasteiger partial charge in [-0.05, 0) is 54.3 Å². The van der Waals surface area contributed by atoms with Gasteiger partial charge in [0.1, 0.15) is 5.82 Å². The van der Waals surface area contributed by atoms with Crippen LogP contribution < -0.4 is 5.32 Å². The number of amides is 1. The van der Waals surface area contributed by atoms with Crippen LogP contribution in [0.4, 0.5) is 10.1 Å². The molecule has 0 saturated heterocycles. The third-order valence-corrected chi connectivity index (χ3v) is 5.38. The van der Waals surface area contributed by atoms with Crippen molar-refractivity contribution in [2.75, 3.05) is 12.4 Å². The Hall–Kier alpha value is -3.85. The molecule has 0 saturated carbocycles. The molecular weight excluding hydrogens is 419 g/mol. The van der Waals surface area contributed by atoms with Gasteiger partial charge in [0.05, 0.1) is 23.2 Å². The lowest BCUT2D eigenvalue weighted by atomic mass is 10.1. The average molecular weight is 436 g/mol. The quantitative estimate of drug-likeness (QED) is 0.466. The summed E-state index contributed by atoms with van der Waals surface area (Å²) in [6.07, 6.45) is 0. The molecule has 0 spiro atoms. The highest BCUT2D eigenvalue weighted by Gasteiger charge is 2.20. The van der Waals surface area contributed by atoms with Gasteiger partial charge in [0.25, 0.3) is 5.91 Å². The molecule has 2 heterocycles. The fourth-order valence-corrected chi connectivity index (χ4v) is 3.64. The number of benzene rings is 2. The van der Waals surface area contributed by atoms with Crippen molar-refractivity contribution in [3.63, 3.8) is 0 Å². The lowest BCUT2D eigenvalue weighted by Gasteiger charge is -2.08. The Morgan fingerprint density at radius 1 is 1.13 bits per heavy atom. The number of nitrogens with zero attached hydrogens (tertiary/aromatic N) is 3. The summed E-state index contributed by atoms with van der Waals surface area (Å²) in [5, 5.41) is 8.93. The zero-order chi connectivity index (χ0) is 22.0. The number of ether oxygens (including phenoxy) is 1. The van der Waals surface area contributed by atoms with Crippen LogP contribution in [0.1, 0.15) is 26.5 Å². The number of esters is 1. The first-order chi connectivity index (χ1) is 15.0. The zero-order valence-corrected chi connectivity index (χ0v) is 17.4. The second kappa shape index (κ2) is 8.49. The number of anilines is 1. The molecule has 0 bridgehead atoms. The number of methoxy groups -OCH3 is 1. The van der Waals surface area contributed by atoms with Gasteiger partial charge in [0, 0.05) is 5.69 Å². The van der Waals surface area contributed by atoms with Gasteiger partial charge in [-0.3, -0.25) is 4.79 Å². The Morgan fingerprint density at radius 3 is 2.68 bits per heavy atom. The summed E-state index contributed by atoms with van der Waals surface area (Å²) in [6.45, 7) is 1.80. The van der Waals surface area contributed by atoms with Crippen LogP contribution in [0.25, 0.3) is 16.4 Å². The zero-order valence-electron chi connectivity index (χ0n) is 16.6. The molecule has 7 nitrogen and oxygen atoms in total. The Labute approximate surface area is 181 Å². The molecule has 0 unspecified atom stereocenters. The number of carbonyl (C=O) groups excluding carboxylic acids is 2. The van der Waals surface area contributed by atoms with Crippen LogP contribution in [0.3, 0.4) is 0 Å². The van der Waals surface area contributed by atoms with Gasteiger partial charge in [-0.1, -0.05) is 18.2 Å². The predicted molar refractivity (Wildman–Crippen MR) is 115 cm³/mol. The summed E-state index contributed by atoms with van der Waals surface area (Å²) in [4.78, 5) is 29.9. The van der Waals surface area contributed by atoms with Crippen LogP contribution in [0, 0.1) is 12.7 Å². The summed E-state index contributed by atoms with van der Waals surface area (Å²) in [6, 6.07) is 14.4. The molecule has 0 aliphatic heterocycles. The van der Waals surface area contributed by atoms with Crippen molar-refractivity contribution in [3.05, 3.63) is 82.7 Å². The van der Waals surface area contributed by atoms with Crippen molar-refractivity contribution in [2.24, 2.45) is 0 Å². The fraction of sp³-hybridized carbons (Fsp3) is 0.0909. The molecule has 0 aliphatic carbocycles. The first-order valence-corrected chi connectivity index (χ1v) is 10.1. The molecule has 2 aromatic carbocycles. The van der Waals surface area contributed by atoms with Gasteiger partial charge < -0.3 is 10.1 Å². The molecule has 0 fully saturated rings. The summed E-state index contributed by atoms with van der Waals surface area (Å²) < 4.78 is 19.9. The highest BCUT2D eigenvalue weighted by atomic mass is 32.1. The summed E-state index contributed by atoms with van der Waals surface area (Å²) in [7, 11) is 1.29. The second-order valence-corrected chi connectivity index (χ2v) is 7.55. The molecule has 31 heavy (non-hydrogen) atoms. The molecule has 0 aliphatic rings. The Balaban J connectivity index is 1.71. The van der Waals surface area contributed by atoms with Crippen LogP contribution in [-0.4, -0.2) is 33.8 Å². The number of aromatic nitrogens is 3. The van der Waals surface area contributed by atoms with Crippen LogP contribution in [-0.2, 0) is 4.74 Å². The summed E-state index contributed by atoms with van der Waals surface area (Å²) >= 11 is 1.43. The molecule has 2 aromatic heterocycles. The van der Waals surface area contributed by atoms with E-state index < -0.39 is 17.7 Å². The van der Waals surface area contributed by atoms with Crippen molar-refractivity contribution in [2.45, 2.75) is 6.92 Å². The molecule has 4 rings (SSSR count). The first kappa shape index (κ1) is 20.4. The smallest absolute Gasteiger partial charge is 0.337 e. The van der Waals surface area contributed by atoms with E-state index in [2.05, 4.69) is 15.4 Å². The standard InChI is InChI=1S/C22H17FN4O3S/c1-13-8-9-14(22(29)30-2)11-17(13)24-21(28)19-25-20(18-7-4-10-31-18)27(26-19)16-6-3-5-15(23)12-16/h3-12H,1-2H3,(H,24,28). The number of halogens is 1. The molecule has 1 N–H and O–H groups in total. The van der Waals surface area contributed by atoms with Gasteiger partial charge in [0.2, 0.25) is 5.82 Å². The van der Waals surface area contributed by atoms with Crippen LogP contribution >= 0.6 is 11.3 Å². The van der Waals surface area contributed by atoms with E-state index in [-0.39, 0.29) is 5.82 Å². The maximum absolute atomic E-state index is 13.8. The first-order valence-electron chi connectivity index (χ1n) is 9.23. The van der Waals surface area contributed by atoms with Crippen LogP contribution in [0.2, 0.25) is 0 Å². The number of hydrogen-bond donors (Lipinski definition) is 1. The molecule has 4 aromatic rings. The Morgan fingerprint density at radius 2 is 1.97 bits per heavy atom. The van der Waals surface area contributed by atoms with Crippen LogP contribution in [0.5, 0.6) is 0 Å². The number of thiophene rings is 1. The summed E-state index contributed by atoms with van der Waals surface area (Å²) in [5.74, 6) is -1.16. The van der Waals surface area contributed by atoms with E-state index in [9.17, 15) is 14.0 Å². The average Bonchev–Trinajstić information content (AvgIpc) is 3.44. The van der Waals surface area contributed by atoms with E-state index in [1.807, 2.05) is 17.5 Å². The van der Waals surface area contributed by atoms with Crippen molar-refractivity contribution >= 4 is 28.9 Å². The highest BCUT2D eigenvalue weighted by molar-refractivity contribution is 7.13. The molecule has 0 radical (unpaired) electrons. The van der Waals surface area contributed by atoms with Gasteiger partial charge in [-0.25, -0.2) is 18.9 Å². The monoisotopic (exact) mass is 436 g/mol. The van der Waals surface area contributed by atoms with E-state index in [0.29, 0.717) is 22.8 Å². The number of hydrogen-bond acceptors (Lipinski definition) is 6. The molecule has 0 atom stereocenters. The minimum absolute atomic E-state index is 0.0875. The topological polar surface area (TPSA) is 86.1 Å². The van der Waals surface area contributed by atoms with Crippen molar-refractivity contribution in [3.8, 4) is 16.4 Å². The van der Waals surface area contributed by atoms with E-state index in [1.165, 1.54) is 41.3 Å². The molecule has 1 amide bonds. The van der Waals surface area contributed by atoms with E-state index in [1.54, 1.807) is 31.2 Å². The van der Waals surface area contributed by atoms with Gasteiger partial charge in [0.15, 0.2) is 5.82 Å². The van der Waals surface area contributed by atoms with E-state index in [4.69, 9.17) is 4.74 Å². The fourth-order valence-electron chi connectivity index (χ4n) is 2.94. The minimum atomic E-state index is -0.557. The highest BCUT2D eigenvalue weighted by Crippen LogP contribution is 2.26. The lowest BCUT2D eigenvalue weighted by Crippen LogP contribution is -2.15. The number of aryl methyl sites for hydroxylation is 1. The minimum Gasteiger partial charge on any atom is -0.465 e. The van der Waals surface area contributed by atoms with Crippen molar-refractivity contribution < 1.29 is 18.7 Å². The van der Waals surface area contributed by atoms with Gasteiger partial charge in [-0.2, -0.15) is 0 Å². The van der Waals surface area contributed by atoms with E-state index >= 15 is 0 Å².